The van der Waals surface area contributed by atoms with Gasteiger partial charge in [0.05, 0.1) is 6.04 Å². The summed E-state index contributed by atoms with van der Waals surface area (Å²) in [5, 5.41) is 0. The van der Waals surface area contributed by atoms with Crippen molar-refractivity contribution in [3.8, 4) is 0 Å². The van der Waals surface area contributed by atoms with Crippen molar-refractivity contribution in [3.05, 3.63) is 35.1 Å². The summed E-state index contributed by atoms with van der Waals surface area (Å²) in [7, 11) is 0. The first kappa shape index (κ1) is 13.0. The first-order valence-corrected chi connectivity index (χ1v) is 6.13. The van der Waals surface area contributed by atoms with Gasteiger partial charge in [-0.1, -0.05) is 18.2 Å². The maximum atomic E-state index is 14.0. The summed E-state index contributed by atoms with van der Waals surface area (Å²) in [4.78, 5) is 13.2. The average molecular weight is 251 g/mol. The third-order valence-corrected chi connectivity index (χ3v) is 3.44. The van der Waals surface area contributed by atoms with Crippen molar-refractivity contribution in [1.29, 1.82) is 0 Å². The highest BCUT2D eigenvalue weighted by atomic mass is 19.1. The van der Waals surface area contributed by atoms with E-state index in [-0.39, 0.29) is 24.3 Å². The van der Waals surface area contributed by atoms with Crippen molar-refractivity contribution in [2.24, 2.45) is 11.5 Å². The van der Waals surface area contributed by atoms with E-state index in [4.69, 9.17) is 11.5 Å². The number of hydrogen-bond acceptors (Lipinski definition) is 3. The number of primary amides is 1. The fraction of sp³-hybridized carbons (Fsp3) is 0.462. The van der Waals surface area contributed by atoms with Crippen molar-refractivity contribution in [3.63, 3.8) is 0 Å². The summed E-state index contributed by atoms with van der Waals surface area (Å²) in [6, 6.07) is 4.92. The first-order valence-electron chi connectivity index (χ1n) is 6.13. The second kappa shape index (κ2) is 5.46. The predicted molar refractivity (Wildman–Crippen MR) is 66.9 cm³/mol. The number of benzene rings is 1. The molecule has 0 aliphatic carbocycles. The van der Waals surface area contributed by atoms with E-state index in [0.717, 1.165) is 19.4 Å². The number of hydrogen-bond donors (Lipinski definition) is 2. The standard InChI is InChI=1S/C13H18FN3O/c14-12-9(7-15)3-1-4-10(12)8-17-6-2-5-11(17)13(16)18/h1,3-4,11H,2,5-8,15H2,(H2,16,18). The molecule has 1 saturated heterocycles. The Morgan fingerprint density at radius 3 is 2.83 bits per heavy atom. The molecule has 1 atom stereocenters. The minimum atomic E-state index is -0.331. The molecule has 1 heterocycles. The van der Waals surface area contributed by atoms with Gasteiger partial charge in [-0.05, 0) is 19.4 Å². The second-order valence-electron chi connectivity index (χ2n) is 4.63. The second-order valence-corrected chi connectivity index (χ2v) is 4.63. The van der Waals surface area contributed by atoms with Crippen molar-refractivity contribution in [1.82, 2.24) is 4.90 Å². The van der Waals surface area contributed by atoms with Gasteiger partial charge in [0, 0.05) is 24.2 Å². The summed E-state index contributed by atoms with van der Waals surface area (Å²) in [6.45, 7) is 1.37. The van der Waals surface area contributed by atoms with Gasteiger partial charge in [0.25, 0.3) is 0 Å². The number of halogens is 1. The Morgan fingerprint density at radius 1 is 1.44 bits per heavy atom. The van der Waals surface area contributed by atoms with Crippen LogP contribution < -0.4 is 11.5 Å². The zero-order chi connectivity index (χ0) is 13.1. The molecule has 1 aliphatic rings. The monoisotopic (exact) mass is 251 g/mol. The van der Waals surface area contributed by atoms with E-state index in [1.807, 2.05) is 4.90 Å². The average Bonchev–Trinajstić information content (AvgIpc) is 2.80. The van der Waals surface area contributed by atoms with Crippen LogP contribution in [0.5, 0.6) is 0 Å². The molecule has 0 radical (unpaired) electrons. The molecule has 2 rings (SSSR count). The lowest BCUT2D eigenvalue weighted by Gasteiger charge is -2.22. The topological polar surface area (TPSA) is 72.3 Å². The maximum Gasteiger partial charge on any atom is 0.234 e. The van der Waals surface area contributed by atoms with Gasteiger partial charge in [-0.25, -0.2) is 4.39 Å². The number of nitrogens with two attached hydrogens (primary N) is 2. The third-order valence-electron chi connectivity index (χ3n) is 3.44. The highest BCUT2D eigenvalue weighted by molar-refractivity contribution is 5.80. The number of carbonyl (C=O) groups excluding carboxylic acids is 1. The summed E-state index contributed by atoms with van der Waals surface area (Å²) >= 11 is 0. The van der Waals surface area contributed by atoms with Gasteiger partial charge in [0.1, 0.15) is 5.82 Å². The molecule has 98 valence electrons. The molecular weight excluding hydrogens is 233 g/mol. The van der Waals surface area contributed by atoms with Gasteiger partial charge in [-0.3, -0.25) is 9.69 Å². The predicted octanol–water partition coefficient (Wildman–Crippen LogP) is 0.734. The lowest BCUT2D eigenvalue weighted by atomic mass is 10.1. The molecule has 1 aromatic rings. The van der Waals surface area contributed by atoms with Gasteiger partial charge in [0.15, 0.2) is 0 Å². The molecule has 1 aliphatic heterocycles. The number of amides is 1. The van der Waals surface area contributed by atoms with Crippen LogP contribution in [-0.4, -0.2) is 23.4 Å². The minimum Gasteiger partial charge on any atom is -0.368 e. The summed E-state index contributed by atoms with van der Waals surface area (Å²) in [6.07, 6.45) is 1.68. The van der Waals surface area contributed by atoms with Crippen LogP contribution >= 0.6 is 0 Å². The quantitative estimate of drug-likeness (QED) is 0.828. The van der Waals surface area contributed by atoms with E-state index in [1.54, 1.807) is 18.2 Å². The largest absolute Gasteiger partial charge is 0.368 e. The third kappa shape index (κ3) is 2.52. The number of rotatable bonds is 4. The zero-order valence-corrected chi connectivity index (χ0v) is 10.2. The van der Waals surface area contributed by atoms with Crippen molar-refractivity contribution in [2.75, 3.05) is 6.54 Å². The number of likely N-dealkylation sites (tertiary alicyclic amines) is 1. The van der Waals surface area contributed by atoms with Crippen LogP contribution in [0.1, 0.15) is 24.0 Å². The fourth-order valence-corrected chi connectivity index (χ4v) is 2.47. The molecule has 1 unspecified atom stereocenters. The molecule has 18 heavy (non-hydrogen) atoms. The van der Waals surface area contributed by atoms with Crippen LogP contribution in [-0.2, 0) is 17.9 Å². The number of nitrogens with zero attached hydrogens (tertiary/aromatic N) is 1. The van der Waals surface area contributed by atoms with E-state index in [1.165, 1.54) is 0 Å². The summed E-state index contributed by atoms with van der Waals surface area (Å²) < 4.78 is 14.0. The van der Waals surface area contributed by atoms with Gasteiger partial charge in [-0.15, -0.1) is 0 Å². The Kier molecular flexibility index (Phi) is 3.93. The Bertz CT molecular complexity index is 450. The van der Waals surface area contributed by atoms with Gasteiger partial charge >= 0.3 is 0 Å². The Morgan fingerprint density at radius 2 is 2.17 bits per heavy atom. The van der Waals surface area contributed by atoms with Gasteiger partial charge in [-0.2, -0.15) is 0 Å². The van der Waals surface area contributed by atoms with E-state index in [9.17, 15) is 9.18 Å². The smallest absolute Gasteiger partial charge is 0.234 e. The van der Waals surface area contributed by atoms with E-state index in [2.05, 4.69) is 0 Å². The van der Waals surface area contributed by atoms with Crippen LogP contribution in [0.25, 0.3) is 0 Å². The molecule has 0 bridgehead atoms. The highest BCUT2D eigenvalue weighted by Gasteiger charge is 2.29. The van der Waals surface area contributed by atoms with Crippen molar-refractivity contribution in [2.45, 2.75) is 32.0 Å². The molecule has 0 saturated carbocycles. The molecule has 4 N–H and O–H groups in total. The molecule has 0 spiro atoms. The fourth-order valence-electron chi connectivity index (χ4n) is 2.47. The van der Waals surface area contributed by atoms with Crippen molar-refractivity contribution < 1.29 is 9.18 Å². The van der Waals surface area contributed by atoms with Crippen LogP contribution in [0.4, 0.5) is 4.39 Å². The molecule has 0 aromatic heterocycles. The van der Waals surface area contributed by atoms with E-state index < -0.39 is 0 Å². The molecule has 1 amide bonds. The van der Waals surface area contributed by atoms with Gasteiger partial charge < -0.3 is 11.5 Å². The number of carbonyl (C=O) groups is 1. The van der Waals surface area contributed by atoms with E-state index >= 15 is 0 Å². The molecular formula is C13H18FN3O. The zero-order valence-electron chi connectivity index (χ0n) is 10.2. The van der Waals surface area contributed by atoms with E-state index in [0.29, 0.717) is 17.7 Å². The van der Waals surface area contributed by atoms with Crippen molar-refractivity contribution >= 4 is 5.91 Å². The Labute approximate surface area is 106 Å². The molecule has 5 heteroatoms. The summed E-state index contributed by atoms with van der Waals surface area (Å²) in [5.74, 6) is -0.599. The normalized spacial score (nSPS) is 20.2. The van der Waals surface area contributed by atoms with Gasteiger partial charge in [0.2, 0.25) is 5.91 Å². The Balaban J connectivity index is 2.16. The lowest BCUT2D eigenvalue weighted by Crippen LogP contribution is -2.39. The maximum absolute atomic E-state index is 14.0. The lowest BCUT2D eigenvalue weighted by molar-refractivity contribution is -0.122. The van der Waals surface area contributed by atoms with Crippen LogP contribution in [0.15, 0.2) is 18.2 Å². The van der Waals surface area contributed by atoms with Crippen LogP contribution in [0, 0.1) is 5.82 Å². The molecule has 1 fully saturated rings. The van der Waals surface area contributed by atoms with Crippen LogP contribution in [0.3, 0.4) is 0 Å². The molecule has 4 nitrogen and oxygen atoms in total. The first-order chi connectivity index (χ1) is 8.63. The molecule has 1 aromatic carbocycles. The summed E-state index contributed by atoms with van der Waals surface area (Å²) in [5.41, 5.74) is 11.9. The van der Waals surface area contributed by atoms with Crippen LogP contribution in [0.2, 0.25) is 0 Å². The highest BCUT2D eigenvalue weighted by Crippen LogP contribution is 2.22. The Hall–Kier alpha value is -1.46. The SMILES string of the molecule is NCc1cccc(CN2CCCC2C(N)=O)c1F. The minimum absolute atomic E-state index is 0.179.